The smallest absolute Gasteiger partial charge is 0.267 e. The van der Waals surface area contributed by atoms with Crippen LogP contribution in [0.15, 0.2) is 42.6 Å². The third-order valence-corrected chi connectivity index (χ3v) is 6.46. The monoisotopic (exact) mass is 464 g/mol. The highest BCUT2D eigenvalue weighted by Crippen LogP contribution is 2.40. The van der Waals surface area contributed by atoms with Crippen molar-refractivity contribution in [2.75, 3.05) is 39.5 Å². The molecule has 2 aliphatic rings. The van der Waals surface area contributed by atoms with Crippen molar-refractivity contribution in [3.05, 3.63) is 53.9 Å². The molecule has 0 unspecified atom stereocenters. The maximum atomic E-state index is 12.4. The Bertz CT molecular complexity index is 1100. The molecule has 2 atom stereocenters. The van der Waals surface area contributed by atoms with Gasteiger partial charge in [-0.2, -0.15) is 0 Å². The average molecular weight is 465 g/mol. The lowest BCUT2D eigenvalue weighted by Gasteiger charge is -2.44. The molecule has 4 heterocycles. The second-order valence-corrected chi connectivity index (χ2v) is 8.84. The molecule has 3 aromatic rings. The zero-order valence-corrected chi connectivity index (χ0v) is 19.6. The lowest BCUT2D eigenvalue weighted by atomic mass is 9.96. The van der Waals surface area contributed by atoms with Crippen molar-refractivity contribution < 1.29 is 19.0 Å². The Kier molecular flexibility index (Phi) is 6.97. The quantitative estimate of drug-likeness (QED) is 0.470. The van der Waals surface area contributed by atoms with E-state index >= 15 is 0 Å². The second kappa shape index (κ2) is 10.4. The van der Waals surface area contributed by atoms with Gasteiger partial charge in [-0.05, 0) is 62.2 Å². The van der Waals surface area contributed by atoms with Crippen LogP contribution in [0.2, 0.25) is 0 Å². The van der Waals surface area contributed by atoms with Crippen LogP contribution in [0.4, 0.5) is 0 Å². The number of fused-ring (bicyclic) bond motifs is 4. The number of nitrogens with zero attached hydrogens (tertiary/aromatic N) is 2. The number of unbranched alkanes of at least 4 members (excludes halogenated alkanes) is 1. The molecule has 34 heavy (non-hydrogen) atoms. The fourth-order valence-corrected chi connectivity index (χ4v) is 4.76. The Morgan fingerprint density at radius 3 is 3.12 bits per heavy atom. The van der Waals surface area contributed by atoms with E-state index in [-0.39, 0.29) is 18.1 Å². The number of ether oxygens (including phenoxy) is 3. The predicted molar refractivity (Wildman–Crippen MR) is 129 cm³/mol. The van der Waals surface area contributed by atoms with Crippen molar-refractivity contribution in [3.8, 4) is 11.5 Å². The molecule has 1 aromatic carbocycles. The Labute approximate surface area is 199 Å². The fourth-order valence-electron chi connectivity index (χ4n) is 4.76. The number of hydrogen-bond acceptors (Lipinski definition) is 6. The molecule has 2 aliphatic heterocycles. The number of carbonyl (C=O) groups is 1. The molecule has 0 aliphatic carbocycles. The molecule has 5 rings (SSSR count). The third kappa shape index (κ3) is 4.88. The minimum absolute atomic E-state index is 0.0302. The average Bonchev–Trinajstić information content (AvgIpc) is 3.31. The van der Waals surface area contributed by atoms with Gasteiger partial charge < -0.3 is 24.5 Å². The van der Waals surface area contributed by atoms with Crippen LogP contribution in [0.25, 0.3) is 11.0 Å². The molecular formula is C26H32N4O4. The highest BCUT2D eigenvalue weighted by atomic mass is 16.5. The van der Waals surface area contributed by atoms with Crippen LogP contribution in [0.5, 0.6) is 11.5 Å². The van der Waals surface area contributed by atoms with E-state index in [9.17, 15) is 4.79 Å². The molecular weight excluding hydrogens is 432 g/mol. The van der Waals surface area contributed by atoms with Gasteiger partial charge >= 0.3 is 0 Å². The van der Waals surface area contributed by atoms with Gasteiger partial charge in [0.25, 0.3) is 5.91 Å². The topological polar surface area (TPSA) is 88.7 Å². The number of hydrogen-bond donors (Lipinski definition) is 2. The maximum absolute atomic E-state index is 12.4. The first-order valence-corrected chi connectivity index (χ1v) is 12.2. The second-order valence-electron chi connectivity index (χ2n) is 8.84. The third-order valence-electron chi connectivity index (χ3n) is 6.46. The number of pyridine rings is 1. The van der Waals surface area contributed by atoms with E-state index < -0.39 is 0 Å². The molecule has 0 spiro atoms. The van der Waals surface area contributed by atoms with Crippen molar-refractivity contribution >= 4 is 16.9 Å². The Morgan fingerprint density at radius 1 is 1.29 bits per heavy atom. The lowest BCUT2D eigenvalue weighted by Crippen LogP contribution is -2.52. The Balaban J connectivity index is 1.08. The molecule has 0 bridgehead atoms. The van der Waals surface area contributed by atoms with Crippen LogP contribution in [0, 0.1) is 0 Å². The van der Waals surface area contributed by atoms with Gasteiger partial charge in [0.2, 0.25) is 0 Å². The van der Waals surface area contributed by atoms with Crippen LogP contribution < -0.4 is 14.8 Å². The Hall–Kier alpha value is -3.10. The van der Waals surface area contributed by atoms with Gasteiger partial charge in [0.05, 0.1) is 19.3 Å². The van der Waals surface area contributed by atoms with Gasteiger partial charge in [0.1, 0.15) is 35.6 Å². The number of H-pyrrole nitrogens is 1. The summed E-state index contributed by atoms with van der Waals surface area (Å²) >= 11 is 0. The summed E-state index contributed by atoms with van der Waals surface area (Å²) in [5.74, 6) is 1.60. The first kappa shape index (κ1) is 22.7. The van der Waals surface area contributed by atoms with Crippen molar-refractivity contribution in [2.24, 2.45) is 0 Å². The minimum Gasteiger partial charge on any atom is -0.494 e. The van der Waals surface area contributed by atoms with Gasteiger partial charge in [0, 0.05) is 30.2 Å². The maximum Gasteiger partial charge on any atom is 0.267 e. The van der Waals surface area contributed by atoms with Gasteiger partial charge in [-0.1, -0.05) is 6.92 Å². The number of aromatic amines is 1. The van der Waals surface area contributed by atoms with E-state index in [0.29, 0.717) is 25.5 Å². The summed E-state index contributed by atoms with van der Waals surface area (Å²) in [7, 11) is 0. The largest absolute Gasteiger partial charge is 0.494 e. The highest BCUT2D eigenvalue weighted by Gasteiger charge is 2.38. The molecule has 8 nitrogen and oxygen atoms in total. The summed E-state index contributed by atoms with van der Waals surface area (Å²) in [6.07, 6.45) is 4.53. The van der Waals surface area contributed by atoms with Gasteiger partial charge in [-0.15, -0.1) is 0 Å². The van der Waals surface area contributed by atoms with Crippen molar-refractivity contribution in [1.82, 2.24) is 20.2 Å². The van der Waals surface area contributed by atoms with Crippen LogP contribution in [0.3, 0.4) is 0 Å². The SMILES string of the molecule is CCCN1CCO[C@@H]2c3cc(OCCCCNC(=O)c4cc5cccnc5[nH]4)ccc3OC[C@H]21. The number of benzene rings is 1. The predicted octanol–water partition coefficient (Wildman–Crippen LogP) is 3.70. The fraction of sp³-hybridized carbons (Fsp3) is 0.462. The molecule has 1 amide bonds. The summed E-state index contributed by atoms with van der Waals surface area (Å²) in [6.45, 7) is 6.81. The van der Waals surface area contributed by atoms with Gasteiger partial charge in [-0.25, -0.2) is 4.98 Å². The molecule has 0 radical (unpaired) electrons. The number of carbonyl (C=O) groups excluding carboxylic acids is 1. The summed E-state index contributed by atoms with van der Waals surface area (Å²) in [6, 6.07) is 11.9. The van der Waals surface area contributed by atoms with E-state index in [0.717, 1.165) is 67.1 Å². The number of morpholine rings is 1. The zero-order chi connectivity index (χ0) is 23.3. The molecule has 2 aromatic heterocycles. The number of rotatable bonds is 9. The number of aromatic nitrogens is 2. The standard InChI is InChI=1S/C26H32N4O4/c1-2-11-30-12-14-33-24-20-16-19(7-8-23(20)34-17-22(24)30)32-13-4-3-9-28-26(31)21-15-18-6-5-10-27-25(18)29-21/h5-8,10,15-16,22,24H,2-4,9,11-14,17H2,1H3,(H,27,29)(H,28,31)/t22-,24-/m1/s1. The van der Waals surface area contributed by atoms with E-state index in [4.69, 9.17) is 14.2 Å². The summed E-state index contributed by atoms with van der Waals surface area (Å²) in [5, 5.41) is 3.88. The molecule has 8 heteroatoms. The van der Waals surface area contributed by atoms with Crippen molar-refractivity contribution in [1.29, 1.82) is 0 Å². The number of amides is 1. The molecule has 180 valence electrons. The first-order chi connectivity index (χ1) is 16.7. The molecule has 1 fully saturated rings. The van der Waals surface area contributed by atoms with E-state index in [1.54, 1.807) is 6.20 Å². The highest BCUT2D eigenvalue weighted by molar-refractivity contribution is 5.97. The normalized spacial score (nSPS) is 19.8. The molecule has 2 N–H and O–H groups in total. The van der Waals surface area contributed by atoms with Crippen LogP contribution in [-0.4, -0.2) is 66.3 Å². The lowest BCUT2D eigenvalue weighted by molar-refractivity contribution is -0.0957. The molecule has 0 saturated carbocycles. The van der Waals surface area contributed by atoms with Crippen LogP contribution >= 0.6 is 0 Å². The minimum atomic E-state index is -0.118. The molecule has 1 saturated heterocycles. The summed E-state index contributed by atoms with van der Waals surface area (Å²) < 4.78 is 18.2. The van der Waals surface area contributed by atoms with Gasteiger partial charge in [0.15, 0.2) is 0 Å². The van der Waals surface area contributed by atoms with E-state index in [2.05, 4.69) is 33.2 Å². The van der Waals surface area contributed by atoms with Gasteiger partial charge in [-0.3, -0.25) is 9.69 Å². The summed E-state index contributed by atoms with van der Waals surface area (Å²) in [4.78, 5) is 22.1. The number of nitrogens with one attached hydrogen (secondary N) is 2. The Morgan fingerprint density at radius 2 is 2.24 bits per heavy atom. The van der Waals surface area contributed by atoms with Crippen molar-refractivity contribution in [2.45, 2.75) is 38.3 Å². The van der Waals surface area contributed by atoms with Crippen LogP contribution in [-0.2, 0) is 4.74 Å². The first-order valence-electron chi connectivity index (χ1n) is 12.2. The van der Waals surface area contributed by atoms with Crippen LogP contribution in [0.1, 0.15) is 48.3 Å². The zero-order valence-electron chi connectivity index (χ0n) is 19.6. The summed E-state index contributed by atoms with van der Waals surface area (Å²) in [5.41, 5.74) is 2.33. The van der Waals surface area contributed by atoms with E-state index in [1.807, 2.05) is 30.3 Å². The van der Waals surface area contributed by atoms with E-state index in [1.165, 1.54) is 0 Å². The van der Waals surface area contributed by atoms with Crippen molar-refractivity contribution in [3.63, 3.8) is 0 Å².